The Morgan fingerprint density at radius 3 is 2.10 bits per heavy atom. The van der Waals surface area contributed by atoms with Gasteiger partial charge in [0.2, 0.25) is 17.8 Å². The van der Waals surface area contributed by atoms with Crippen LogP contribution in [-0.4, -0.2) is 41.1 Å². The number of nitrogens with two attached hydrogens (primary N) is 1. The van der Waals surface area contributed by atoms with Gasteiger partial charge >= 0.3 is 0 Å². The second-order valence-electron chi connectivity index (χ2n) is 6.45. The van der Waals surface area contributed by atoms with Gasteiger partial charge in [0.1, 0.15) is 0 Å². The van der Waals surface area contributed by atoms with E-state index in [0.717, 1.165) is 38.1 Å². The lowest BCUT2D eigenvalue weighted by atomic mass is 9.92. The first-order valence-electron chi connectivity index (χ1n) is 7.88. The van der Waals surface area contributed by atoms with E-state index in [1.165, 1.54) is 19.3 Å². The second kappa shape index (κ2) is 6.01. The third-order valence-corrected chi connectivity index (χ3v) is 4.28. The molecule has 7 heteroatoms. The van der Waals surface area contributed by atoms with Crippen molar-refractivity contribution in [3.63, 3.8) is 0 Å². The van der Waals surface area contributed by atoms with Crippen molar-refractivity contribution in [3.8, 4) is 0 Å². The minimum Gasteiger partial charge on any atom is -0.341 e. The van der Waals surface area contributed by atoms with Gasteiger partial charge in [-0.3, -0.25) is 5.43 Å². The lowest BCUT2D eigenvalue weighted by molar-refractivity contribution is 0.353. The highest BCUT2D eigenvalue weighted by Gasteiger charge is 2.25. The summed E-state index contributed by atoms with van der Waals surface area (Å²) >= 11 is 0. The van der Waals surface area contributed by atoms with Crippen LogP contribution >= 0.6 is 0 Å². The van der Waals surface area contributed by atoms with Gasteiger partial charge in [0, 0.05) is 26.2 Å². The molecule has 3 N–H and O–H groups in total. The summed E-state index contributed by atoms with van der Waals surface area (Å²) < 4.78 is 0. The monoisotopic (exact) mass is 291 g/mol. The van der Waals surface area contributed by atoms with Crippen molar-refractivity contribution in [2.75, 3.05) is 41.4 Å². The van der Waals surface area contributed by atoms with Crippen molar-refractivity contribution < 1.29 is 0 Å². The largest absolute Gasteiger partial charge is 0.341 e. The molecular formula is C14H25N7. The molecule has 2 atom stereocenters. The molecule has 1 aromatic heterocycles. The van der Waals surface area contributed by atoms with Gasteiger partial charge in [0.05, 0.1) is 0 Å². The van der Waals surface area contributed by atoms with E-state index in [1.54, 1.807) is 0 Å². The van der Waals surface area contributed by atoms with E-state index in [2.05, 4.69) is 39.0 Å². The highest BCUT2D eigenvalue weighted by Crippen LogP contribution is 2.26. The number of rotatable bonds is 3. The van der Waals surface area contributed by atoms with Crippen LogP contribution in [0, 0.1) is 11.8 Å². The molecular weight excluding hydrogens is 266 g/mol. The lowest BCUT2D eigenvalue weighted by Gasteiger charge is -2.35. The normalized spacial score (nSPS) is 26.2. The number of anilines is 3. The fraction of sp³-hybridized carbons (Fsp3) is 0.786. The number of aromatic nitrogens is 3. The Balaban J connectivity index is 1.88. The summed E-state index contributed by atoms with van der Waals surface area (Å²) in [6.07, 6.45) is 3.66. The van der Waals surface area contributed by atoms with Gasteiger partial charge in [-0.05, 0) is 31.1 Å². The number of hydrogen-bond donors (Lipinski definition) is 2. The Bertz CT molecular complexity index is 476. The maximum absolute atomic E-state index is 5.53. The highest BCUT2D eigenvalue weighted by atomic mass is 15.4. The van der Waals surface area contributed by atoms with Crippen LogP contribution in [-0.2, 0) is 0 Å². The van der Waals surface area contributed by atoms with Gasteiger partial charge < -0.3 is 9.80 Å². The number of piperidine rings is 1. The van der Waals surface area contributed by atoms with E-state index >= 15 is 0 Å². The summed E-state index contributed by atoms with van der Waals surface area (Å²) in [4.78, 5) is 18.0. The maximum atomic E-state index is 5.53. The summed E-state index contributed by atoms with van der Waals surface area (Å²) in [5, 5.41) is 0. The molecule has 0 aromatic carbocycles. The van der Waals surface area contributed by atoms with Crippen molar-refractivity contribution in [2.24, 2.45) is 17.7 Å². The van der Waals surface area contributed by atoms with E-state index in [0.29, 0.717) is 17.8 Å². The number of nitrogens with one attached hydrogen (secondary N) is 1. The third-order valence-electron chi connectivity index (χ3n) is 4.28. The average molecular weight is 291 g/mol. The fourth-order valence-corrected chi connectivity index (χ4v) is 3.44. The standard InChI is InChI=1S/C14H25N7/c1-10-7-11(2)9-21(8-10)14-17-12(19-15)16-13(18-14)20-5-3-4-6-20/h10-11H,3-9,15H2,1-2H3,(H,16,17,18,19). The molecule has 0 amide bonds. The van der Waals surface area contributed by atoms with Gasteiger partial charge in [-0.15, -0.1) is 0 Å². The molecule has 1 aromatic rings. The van der Waals surface area contributed by atoms with Gasteiger partial charge in [0.15, 0.2) is 0 Å². The average Bonchev–Trinajstić information content (AvgIpc) is 3.00. The van der Waals surface area contributed by atoms with Crippen molar-refractivity contribution in [2.45, 2.75) is 33.1 Å². The van der Waals surface area contributed by atoms with E-state index in [9.17, 15) is 0 Å². The number of nitrogens with zero attached hydrogens (tertiary/aromatic N) is 5. The zero-order valence-electron chi connectivity index (χ0n) is 12.9. The van der Waals surface area contributed by atoms with Crippen molar-refractivity contribution in [3.05, 3.63) is 0 Å². The molecule has 2 unspecified atom stereocenters. The van der Waals surface area contributed by atoms with Crippen LogP contribution in [0.5, 0.6) is 0 Å². The van der Waals surface area contributed by atoms with Crippen molar-refractivity contribution >= 4 is 17.8 Å². The fourth-order valence-electron chi connectivity index (χ4n) is 3.44. The van der Waals surface area contributed by atoms with Crippen LogP contribution in [0.25, 0.3) is 0 Å². The second-order valence-corrected chi connectivity index (χ2v) is 6.45. The molecule has 0 saturated carbocycles. The first-order valence-corrected chi connectivity index (χ1v) is 7.88. The Morgan fingerprint density at radius 2 is 1.52 bits per heavy atom. The quantitative estimate of drug-likeness (QED) is 0.640. The maximum Gasteiger partial charge on any atom is 0.243 e. The Labute approximate surface area is 125 Å². The first-order chi connectivity index (χ1) is 10.2. The van der Waals surface area contributed by atoms with Crippen LogP contribution in [0.4, 0.5) is 17.8 Å². The van der Waals surface area contributed by atoms with Crippen LogP contribution in [0.3, 0.4) is 0 Å². The smallest absolute Gasteiger partial charge is 0.243 e. The van der Waals surface area contributed by atoms with Crippen LogP contribution in [0.15, 0.2) is 0 Å². The minimum atomic E-state index is 0.452. The summed E-state index contributed by atoms with van der Waals surface area (Å²) in [5.74, 6) is 8.80. The van der Waals surface area contributed by atoms with Crippen molar-refractivity contribution in [1.29, 1.82) is 0 Å². The molecule has 2 aliphatic heterocycles. The highest BCUT2D eigenvalue weighted by molar-refractivity contribution is 5.45. The van der Waals surface area contributed by atoms with Gasteiger partial charge in [0.25, 0.3) is 0 Å². The number of hydrazine groups is 1. The summed E-state index contributed by atoms with van der Waals surface area (Å²) in [5.41, 5.74) is 2.58. The summed E-state index contributed by atoms with van der Waals surface area (Å²) in [7, 11) is 0. The molecule has 2 saturated heterocycles. The third kappa shape index (κ3) is 3.18. The Hall–Kier alpha value is -1.63. The molecule has 116 valence electrons. The summed E-state index contributed by atoms with van der Waals surface area (Å²) in [6.45, 7) is 8.59. The molecule has 7 nitrogen and oxygen atoms in total. The van der Waals surface area contributed by atoms with E-state index < -0.39 is 0 Å². The molecule has 0 spiro atoms. The summed E-state index contributed by atoms with van der Waals surface area (Å²) in [6, 6.07) is 0. The first kappa shape index (κ1) is 14.3. The zero-order chi connectivity index (χ0) is 14.8. The zero-order valence-corrected chi connectivity index (χ0v) is 12.9. The predicted octanol–water partition coefficient (Wildman–Crippen LogP) is 1.24. The Kier molecular flexibility index (Phi) is 4.10. The SMILES string of the molecule is CC1CC(C)CN(c2nc(NN)nc(N3CCCC3)n2)C1. The molecule has 21 heavy (non-hydrogen) atoms. The molecule has 0 bridgehead atoms. The number of hydrogen-bond acceptors (Lipinski definition) is 7. The van der Waals surface area contributed by atoms with Crippen LogP contribution < -0.4 is 21.1 Å². The molecule has 2 fully saturated rings. The predicted molar refractivity (Wildman–Crippen MR) is 84.2 cm³/mol. The van der Waals surface area contributed by atoms with Gasteiger partial charge in [-0.1, -0.05) is 13.8 Å². The van der Waals surface area contributed by atoms with Gasteiger partial charge in [-0.2, -0.15) is 15.0 Å². The number of nitrogen functional groups attached to an aromatic ring is 1. The Morgan fingerprint density at radius 1 is 0.952 bits per heavy atom. The van der Waals surface area contributed by atoms with E-state index in [1.807, 2.05) is 0 Å². The molecule has 3 rings (SSSR count). The van der Waals surface area contributed by atoms with Gasteiger partial charge in [-0.25, -0.2) is 5.84 Å². The van der Waals surface area contributed by atoms with Crippen molar-refractivity contribution in [1.82, 2.24) is 15.0 Å². The molecule has 2 aliphatic rings. The topological polar surface area (TPSA) is 83.2 Å². The van der Waals surface area contributed by atoms with E-state index in [-0.39, 0.29) is 0 Å². The molecule has 0 aliphatic carbocycles. The molecule has 0 radical (unpaired) electrons. The molecule has 3 heterocycles. The van der Waals surface area contributed by atoms with Crippen LogP contribution in [0.1, 0.15) is 33.1 Å². The minimum absolute atomic E-state index is 0.452. The van der Waals surface area contributed by atoms with E-state index in [4.69, 9.17) is 10.8 Å². The van der Waals surface area contributed by atoms with Crippen LogP contribution in [0.2, 0.25) is 0 Å². The lowest BCUT2D eigenvalue weighted by Crippen LogP contribution is -2.40.